The molecule has 1 aliphatic rings. The van der Waals surface area contributed by atoms with E-state index in [1.54, 1.807) is 0 Å². The zero-order chi connectivity index (χ0) is 13.2. The summed E-state index contributed by atoms with van der Waals surface area (Å²) in [6, 6.07) is 13.5. The standard InChI is InChI=1S/C15H12FNO2/c16-11-6-7-12-13(8-11)19-14(9-17-15(12)18)10-4-2-1-3-5-10/h1-8,14H,9H2,(H,17,18). The van der Waals surface area contributed by atoms with Crippen LogP contribution in [0.2, 0.25) is 0 Å². The Kier molecular flexibility index (Phi) is 2.91. The lowest BCUT2D eigenvalue weighted by atomic mass is 10.1. The van der Waals surface area contributed by atoms with Gasteiger partial charge in [0.05, 0.1) is 12.1 Å². The molecule has 3 nitrogen and oxygen atoms in total. The highest BCUT2D eigenvalue weighted by molar-refractivity contribution is 5.97. The van der Waals surface area contributed by atoms with Gasteiger partial charge in [0.2, 0.25) is 0 Å². The van der Waals surface area contributed by atoms with E-state index in [0.29, 0.717) is 12.1 Å². The molecule has 0 saturated carbocycles. The molecule has 4 heteroatoms. The zero-order valence-electron chi connectivity index (χ0n) is 10.1. The van der Waals surface area contributed by atoms with Gasteiger partial charge in [-0.3, -0.25) is 4.79 Å². The smallest absolute Gasteiger partial charge is 0.255 e. The molecule has 0 aromatic heterocycles. The number of carbonyl (C=O) groups excluding carboxylic acids is 1. The molecule has 0 saturated heterocycles. The molecule has 0 spiro atoms. The summed E-state index contributed by atoms with van der Waals surface area (Å²) in [7, 11) is 0. The number of benzene rings is 2. The van der Waals surface area contributed by atoms with Crippen molar-refractivity contribution in [3.05, 3.63) is 65.5 Å². The first kappa shape index (κ1) is 11.7. The van der Waals surface area contributed by atoms with E-state index in [-0.39, 0.29) is 17.8 Å². The van der Waals surface area contributed by atoms with Gasteiger partial charge in [-0.05, 0) is 17.7 Å². The number of hydrogen-bond donors (Lipinski definition) is 1. The van der Waals surface area contributed by atoms with Crippen molar-refractivity contribution in [1.29, 1.82) is 0 Å². The molecule has 1 heterocycles. The maximum Gasteiger partial charge on any atom is 0.255 e. The number of fused-ring (bicyclic) bond motifs is 1. The van der Waals surface area contributed by atoms with Crippen molar-refractivity contribution in [2.75, 3.05) is 6.54 Å². The number of amides is 1. The van der Waals surface area contributed by atoms with E-state index in [9.17, 15) is 9.18 Å². The lowest BCUT2D eigenvalue weighted by molar-refractivity contribution is 0.0951. The van der Waals surface area contributed by atoms with Gasteiger partial charge < -0.3 is 10.1 Å². The van der Waals surface area contributed by atoms with Crippen LogP contribution in [0.3, 0.4) is 0 Å². The lowest BCUT2D eigenvalue weighted by Gasteiger charge is -2.17. The van der Waals surface area contributed by atoms with Crippen molar-refractivity contribution in [3.63, 3.8) is 0 Å². The maximum atomic E-state index is 13.3. The number of halogens is 1. The number of hydrogen-bond acceptors (Lipinski definition) is 2. The zero-order valence-corrected chi connectivity index (χ0v) is 10.1. The molecule has 0 fully saturated rings. The first-order valence-electron chi connectivity index (χ1n) is 6.03. The van der Waals surface area contributed by atoms with Gasteiger partial charge in [0.15, 0.2) is 0 Å². The monoisotopic (exact) mass is 257 g/mol. The van der Waals surface area contributed by atoms with E-state index < -0.39 is 5.82 Å². The van der Waals surface area contributed by atoms with Crippen LogP contribution >= 0.6 is 0 Å². The highest BCUT2D eigenvalue weighted by atomic mass is 19.1. The fourth-order valence-corrected chi connectivity index (χ4v) is 2.11. The fourth-order valence-electron chi connectivity index (χ4n) is 2.11. The van der Waals surface area contributed by atoms with Crippen molar-refractivity contribution in [1.82, 2.24) is 5.32 Å². The van der Waals surface area contributed by atoms with Crippen LogP contribution < -0.4 is 10.1 Å². The molecule has 0 radical (unpaired) electrons. The second-order valence-electron chi connectivity index (χ2n) is 4.37. The number of nitrogens with one attached hydrogen (secondary N) is 1. The first-order valence-corrected chi connectivity index (χ1v) is 6.03. The van der Waals surface area contributed by atoms with Crippen molar-refractivity contribution < 1.29 is 13.9 Å². The maximum absolute atomic E-state index is 13.3. The van der Waals surface area contributed by atoms with Crippen molar-refractivity contribution >= 4 is 5.91 Å². The average molecular weight is 257 g/mol. The quantitative estimate of drug-likeness (QED) is 0.853. The predicted molar refractivity (Wildman–Crippen MR) is 68.5 cm³/mol. The second kappa shape index (κ2) is 4.72. The molecule has 1 N–H and O–H groups in total. The van der Waals surface area contributed by atoms with E-state index in [2.05, 4.69) is 5.32 Å². The Bertz CT molecular complexity index is 613. The highest BCUT2D eigenvalue weighted by Gasteiger charge is 2.23. The molecule has 0 bridgehead atoms. The van der Waals surface area contributed by atoms with Crippen LogP contribution in [0.1, 0.15) is 22.0 Å². The summed E-state index contributed by atoms with van der Waals surface area (Å²) >= 11 is 0. The van der Waals surface area contributed by atoms with Crippen molar-refractivity contribution in [2.45, 2.75) is 6.10 Å². The Morgan fingerprint density at radius 1 is 1.16 bits per heavy atom. The van der Waals surface area contributed by atoms with Gasteiger partial charge in [-0.15, -0.1) is 0 Å². The van der Waals surface area contributed by atoms with Crippen LogP contribution in [-0.4, -0.2) is 12.5 Å². The van der Waals surface area contributed by atoms with E-state index >= 15 is 0 Å². The molecule has 0 aliphatic carbocycles. The molecule has 1 aliphatic heterocycles. The predicted octanol–water partition coefficient (Wildman–Crippen LogP) is 2.69. The Morgan fingerprint density at radius 3 is 2.74 bits per heavy atom. The summed E-state index contributed by atoms with van der Waals surface area (Å²) in [6.45, 7) is 0.360. The van der Waals surface area contributed by atoms with Gasteiger partial charge in [-0.25, -0.2) is 4.39 Å². The summed E-state index contributed by atoms with van der Waals surface area (Å²) in [5.41, 5.74) is 1.31. The van der Waals surface area contributed by atoms with Crippen LogP contribution in [0.15, 0.2) is 48.5 Å². The summed E-state index contributed by atoms with van der Waals surface area (Å²) in [5.74, 6) is -0.377. The highest BCUT2D eigenvalue weighted by Crippen LogP contribution is 2.28. The van der Waals surface area contributed by atoms with Crippen LogP contribution in [0, 0.1) is 5.82 Å². The molecule has 3 rings (SSSR count). The Morgan fingerprint density at radius 2 is 1.95 bits per heavy atom. The second-order valence-corrected chi connectivity index (χ2v) is 4.37. The summed E-state index contributed by atoms with van der Waals surface area (Å²) in [6.07, 6.45) is -0.312. The van der Waals surface area contributed by atoms with Gasteiger partial charge in [0.1, 0.15) is 17.7 Å². The minimum Gasteiger partial charge on any atom is -0.483 e. The molecule has 1 amide bonds. The third-order valence-electron chi connectivity index (χ3n) is 3.08. The van der Waals surface area contributed by atoms with Gasteiger partial charge >= 0.3 is 0 Å². The summed E-state index contributed by atoms with van der Waals surface area (Å²) in [4.78, 5) is 11.9. The normalized spacial score (nSPS) is 17.9. The van der Waals surface area contributed by atoms with Gasteiger partial charge in [-0.2, -0.15) is 0 Å². The van der Waals surface area contributed by atoms with E-state index in [1.807, 2.05) is 30.3 Å². The lowest BCUT2D eigenvalue weighted by Crippen LogP contribution is -2.26. The SMILES string of the molecule is O=C1NCC(c2ccccc2)Oc2cc(F)ccc21. The summed E-state index contributed by atoms with van der Waals surface area (Å²) in [5, 5.41) is 2.78. The molecule has 2 aromatic carbocycles. The number of ether oxygens (including phenoxy) is 1. The topological polar surface area (TPSA) is 38.3 Å². The molecular formula is C15H12FNO2. The average Bonchev–Trinajstić information content (AvgIpc) is 2.59. The van der Waals surface area contributed by atoms with Gasteiger partial charge in [0.25, 0.3) is 5.91 Å². The molecule has 1 unspecified atom stereocenters. The number of rotatable bonds is 1. The number of carbonyl (C=O) groups is 1. The molecule has 96 valence electrons. The first-order chi connectivity index (χ1) is 9.24. The van der Waals surface area contributed by atoms with Crippen LogP contribution in [-0.2, 0) is 0 Å². The van der Waals surface area contributed by atoms with E-state index in [4.69, 9.17) is 4.74 Å². The minimum atomic E-state index is -0.416. The molecular weight excluding hydrogens is 245 g/mol. The Labute approximate surface area is 110 Å². The third kappa shape index (κ3) is 2.29. The molecule has 1 atom stereocenters. The van der Waals surface area contributed by atoms with Crippen LogP contribution in [0.4, 0.5) is 4.39 Å². The van der Waals surface area contributed by atoms with Crippen molar-refractivity contribution in [3.8, 4) is 5.75 Å². The van der Waals surface area contributed by atoms with E-state index in [1.165, 1.54) is 18.2 Å². The third-order valence-corrected chi connectivity index (χ3v) is 3.08. The van der Waals surface area contributed by atoms with Gasteiger partial charge in [-0.1, -0.05) is 30.3 Å². The van der Waals surface area contributed by atoms with Crippen LogP contribution in [0.25, 0.3) is 0 Å². The van der Waals surface area contributed by atoms with Crippen LogP contribution in [0.5, 0.6) is 5.75 Å². The Balaban J connectivity index is 1.99. The van der Waals surface area contributed by atoms with Gasteiger partial charge in [0, 0.05) is 6.07 Å². The Hall–Kier alpha value is -2.36. The molecule has 2 aromatic rings. The minimum absolute atomic E-state index is 0.242. The molecule has 19 heavy (non-hydrogen) atoms. The van der Waals surface area contributed by atoms with E-state index in [0.717, 1.165) is 5.56 Å². The largest absolute Gasteiger partial charge is 0.483 e. The summed E-state index contributed by atoms with van der Waals surface area (Å²) < 4.78 is 19.0. The fraction of sp³-hybridized carbons (Fsp3) is 0.133. The van der Waals surface area contributed by atoms with Crippen molar-refractivity contribution in [2.24, 2.45) is 0 Å².